The molecule has 0 unspecified atom stereocenters. The van der Waals surface area contributed by atoms with Crippen molar-refractivity contribution in [1.82, 2.24) is 0 Å². The number of hydrogen-bond donors (Lipinski definition) is 1. The summed E-state index contributed by atoms with van der Waals surface area (Å²) in [5, 5.41) is 7.78. The molecule has 6 heteroatoms. The summed E-state index contributed by atoms with van der Waals surface area (Å²) in [5.74, 6) is 1.91. The first-order valence-corrected chi connectivity index (χ1v) is 12.0. The molecule has 0 atom stereocenters. The summed E-state index contributed by atoms with van der Waals surface area (Å²) in [6.07, 6.45) is 6.97. The Morgan fingerprint density at radius 3 is 2.39 bits per heavy atom. The number of carbonyl (C=O) groups is 2. The number of carbonyl (C=O) groups excluding carboxylic acids is 2. The molecule has 148 valence electrons. The number of ether oxygens (including phenoxy) is 1. The fraction of sp³-hybridized carbons (Fsp3) is 0.545. The summed E-state index contributed by atoms with van der Waals surface area (Å²) in [6, 6.07) is 3.97. The van der Waals surface area contributed by atoms with Gasteiger partial charge in [0.25, 0.3) is 0 Å². The van der Waals surface area contributed by atoms with Crippen LogP contribution < -0.4 is 5.32 Å². The van der Waals surface area contributed by atoms with E-state index in [1.54, 1.807) is 11.3 Å². The van der Waals surface area contributed by atoms with Gasteiger partial charge in [0, 0.05) is 15.8 Å². The molecule has 0 aromatic carbocycles. The molecule has 1 N–H and O–H groups in total. The van der Waals surface area contributed by atoms with Crippen LogP contribution in [0.4, 0.5) is 5.00 Å². The van der Waals surface area contributed by atoms with Gasteiger partial charge >= 0.3 is 5.97 Å². The SMILES string of the molecule is CCOC(=O)c1c(-c2cccs2)csc1NC(=O)C12CC3CC(CC(C3)C1)C2. The monoisotopic (exact) mass is 415 g/mol. The van der Waals surface area contributed by atoms with Gasteiger partial charge in [0.1, 0.15) is 10.6 Å². The number of anilines is 1. The summed E-state index contributed by atoms with van der Waals surface area (Å²) >= 11 is 3.03. The van der Waals surface area contributed by atoms with Crippen molar-refractivity contribution in [2.24, 2.45) is 23.2 Å². The number of thiophene rings is 2. The minimum Gasteiger partial charge on any atom is -0.462 e. The lowest BCUT2D eigenvalue weighted by molar-refractivity contribution is -0.140. The molecule has 4 aliphatic rings. The Labute approximate surface area is 173 Å². The van der Waals surface area contributed by atoms with Gasteiger partial charge in [-0.05, 0) is 74.6 Å². The third kappa shape index (κ3) is 3.01. The predicted molar refractivity (Wildman–Crippen MR) is 113 cm³/mol. The van der Waals surface area contributed by atoms with E-state index < -0.39 is 0 Å². The van der Waals surface area contributed by atoms with Gasteiger partial charge in [-0.15, -0.1) is 22.7 Å². The van der Waals surface area contributed by atoms with Crippen molar-refractivity contribution in [2.45, 2.75) is 45.4 Å². The Balaban J connectivity index is 1.45. The molecule has 2 heterocycles. The molecule has 4 saturated carbocycles. The molecule has 1 amide bonds. The van der Waals surface area contributed by atoms with Crippen molar-refractivity contribution < 1.29 is 14.3 Å². The van der Waals surface area contributed by atoms with Gasteiger partial charge in [0.15, 0.2) is 0 Å². The van der Waals surface area contributed by atoms with Crippen LogP contribution in [0.25, 0.3) is 10.4 Å². The normalized spacial score (nSPS) is 30.4. The zero-order chi connectivity index (χ0) is 19.3. The maximum atomic E-state index is 13.4. The number of amides is 1. The first-order valence-electron chi connectivity index (χ1n) is 10.2. The van der Waals surface area contributed by atoms with Crippen LogP contribution in [0.1, 0.15) is 55.8 Å². The summed E-state index contributed by atoms with van der Waals surface area (Å²) < 4.78 is 5.32. The Morgan fingerprint density at radius 2 is 1.82 bits per heavy atom. The van der Waals surface area contributed by atoms with Crippen LogP contribution in [0, 0.1) is 23.2 Å². The lowest BCUT2D eigenvalue weighted by Gasteiger charge is -2.55. The maximum Gasteiger partial charge on any atom is 0.341 e. The first kappa shape index (κ1) is 18.4. The fourth-order valence-corrected chi connectivity index (χ4v) is 7.86. The number of hydrogen-bond acceptors (Lipinski definition) is 5. The highest BCUT2D eigenvalue weighted by atomic mass is 32.1. The molecule has 0 saturated heterocycles. The lowest BCUT2D eigenvalue weighted by Crippen LogP contribution is -2.51. The zero-order valence-corrected chi connectivity index (χ0v) is 17.7. The second-order valence-corrected chi connectivity index (χ2v) is 10.5. The van der Waals surface area contributed by atoms with E-state index in [-0.39, 0.29) is 17.3 Å². The molecule has 4 fully saturated rings. The highest BCUT2D eigenvalue weighted by molar-refractivity contribution is 7.17. The van der Waals surface area contributed by atoms with Crippen molar-refractivity contribution in [3.8, 4) is 10.4 Å². The number of rotatable bonds is 5. The van der Waals surface area contributed by atoms with E-state index in [2.05, 4.69) is 5.32 Å². The van der Waals surface area contributed by atoms with Crippen LogP contribution in [0.15, 0.2) is 22.9 Å². The first-order chi connectivity index (χ1) is 13.6. The van der Waals surface area contributed by atoms with Crippen molar-refractivity contribution in [3.05, 3.63) is 28.5 Å². The quantitative estimate of drug-likeness (QED) is 0.627. The van der Waals surface area contributed by atoms with E-state index >= 15 is 0 Å². The Bertz CT molecular complexity index is 864. The second kappa shape index (κ2) is 6.99. The van der Waals surface area contributed by atoms with Crippen molar-refractivity contribution in [3.63, 3.8) is 0 Å². The molecular formula is C22H25NO3S2. The van der Waals surface area contributed by atoms with Crippen molar-refractivity contribution in [2.75, 3.05) is 11.9 Å². The van der Waals surface area contributed by atoms with E-state index in [0.29, 0.717) is 34.9 Å². The van der Waals surface area contributed by atoms with E-state index in [0.717, 1.165) is 29.7 Å². The van der Waals surface area contributed by atoms with Crippen LogP contribution >= 0.6 is 22.7 Å². The van der Waals surface area contributed by atoms with Gasteiger partial charge < -0.3 is 10.1 Å². The van der Waals surface area contributed by atoms with Gasteiger partial charge in [0.2, 0.25) is 5.91 Å². The molecule has 0 spiro atoms. The fourth-order valence-electron chi connectivity index (χ4n) is 6.09. The highest BCUT2D eigenvalue weighted by Gasteiger charge is 2.54. The van der Waals surface area contributed by atoms with Gasteiger partial charge in [-0.2, -0.15) is 0 Å². The molecule has 4 aliphatic carbocycles. The average molecular weight is 416 g/mol. The maximum absolute atomic E-state index is 13.4. The summed E-state index contributed by atoms with van der Waals surface area (Å²) in [7, 11) is 0. The van der Waals surface area contributed by atoms with Crippen LogP contribution in [0.2, 0.25) is 0 Å². The van der Waals surface area contributed by atoms with Crippen molar-refractivity contribution >= 4 is 39.6 Å². The van der Waals surface area contributed by atoms with Gasteiger partial charge in [-0.3, -0.25) is 4.79 Å². The zero-order valence-electron chi connectivity index (χ0n) is 16.0. The predicted octanol–water partition coefficient (Wildman–Crippen LogP) is 5.81. The third-order valence-electron chi connectivity index (χ3n) is 6.80. The topological polar surface area (TPSA) is 55.4 Å². The standard InChI is InChI=1S/C22H25NO3S2/c1-2-26-20(24)18-16(17-4-3-5-27-17)12-28-19(18)23-21(25)22-9-13-6-14(10-22)8-15(7-13)11-22/h3-5,12-15H,2,6-11H2,1H3,(H,23,25). The number of esters is 1. The second-order valence-electron chi connectivity index (χ2n) is 8.70. The smallest absolute Gasteiger partial charge is 0.341 e. The molecule has 2 aromatic rings. The summed E-state index contributed by atoms with van der Waals surface area (Å²) in [5.41, 5.74) is 1.14. The molecule has 6 rings (SSSR count). The molecule has 0 aliphatic heterocycles. The minimum absolute atomic E-state index is 0.122. The molecular weight excluding hydrogens is 390 g/mol. The van der Waals surface area contributed by atoms with E-state index in [1.807, 2.05) is 29.8 Å². The lowest BCUT2D eigenvalue weighted by atomic mass is 9.49. The summed E-state index contributed by atoms with van der Waals surface area (Å²) in [4.78, 5) is 27.2. The third-order valence-corrected chi connectivity index (χ3v) is 8.60. The minimum atomic E-state index is -0.354. The van der Waals surface area contributed by atoms with Gasteiger partial charge in [-0.25, -0.2) is 4.79 Å². The summed E-state index contributed by atoms with van der Waals surface area (Å²) in [6.45, 7) is 2.13. The van der Waals surface area contributed by atoms with E-state index in [1.165, 1.54) is 30.6 Å². The largest absolute Gasteiger partial charge is 0.462 e. The van der Waals surface area contributed by atoms with E-state index in [4.69, 9.17) is 4.74 Å². The van der Waals surface area contributed by atoms with Crippen LogP contribution in [0.3, 0.4) is 0 Å². The van der Waals surface area contributed by atoms with Gasteiger partial charge in [0.05, 0.1) is 12.0 Å². The van der Waals surface area contributed by atoms with E-state index in [9.17, 15) is 9.59 Å². The average Bonchev–Trinajstić information content (AvgIpc) is 3.30. The Morgan fingerprint density at radius 1 is 1.14 bits per heavy atom. The number of nitrogens with one attached hydrogen (secondary N) is 1. The highest BCUT2D eigenvalue weighted by Crippen LogP contribution is 2.60. The van der Waals surface area contributed by atoms with Crippen LogP contribution in [0.5, 0.6) is 0 Å². The van der Waals surface area contributed by atoms with Crippen molar-refractivity contribution in [1.29, 1.82) is 0 Å². The van der Waals surface area contributed by atoms with Crippen LogP contribution in [-0.2, 0) is 9.53 Å². The molecule has 0 radical (unpaired) electrons. The van der Waals surface area contributed by atoms with Gasteiger partial charge in [-0.1, -0.05) is 6.07 Å². The Hall–Kier alpha value is -1.66. The molecule has 4 nitrogen and oxygen atoms in total. The Kier molecular flexibility index (Phi) is 4.59. The molecule has 4 bridgehead atoms. The van der Waals surface area contributed by atoms with Crippen LogP contribution in [-0.4, -0.2) is 18.5 Å². The molecule has 28 heavy (non-hydrogen) atoms. The molecule has 2 aromatic heterocycles.